The summed E-state index contributed by atoms with van der Waals surface area (Å²) in [6, 6.07) is 2.79. The molecular weight excluding hydrogens is 252 g/mol. The Morgan fingerprint density at radius 1 is 1.50 bits per heavy atom. The molecule has 0 aromatic carbocycles. The molecule has 0 saturated carbocycles. The zero-order chi connectivity index (χ0) is 13.8. The topological polar surface area (TPSA) is 42.3 Å². The SMILES string of the molecule is CCCn1nccc1CNCC1CN2CCCC2CO1. The van der Waals surface area contributed by atoms with Crippen molar-refractivity contribution in [1.82, 2.24) is 20.0 Å². The molecule has 2 saturated heterocycles. The fraction of sp³-hybridized carbons (Fsp3) is 0.800. The highest BCUT2D eigenvalue weighted by atomic mass is 16.5. The van der Waals surface area contributed by atoms with Crippen LogP contribution in [0.4, 0.5) is 0 Å². The van der Waals surface area contributed by atoms with Crippen LogP contribution in [-0.2, 0) is 17.8 Å². The molecule has 0 spiro atoms. The van der Waals surface area contributed by atoms with E-state index in [0.29, 0.717) is 12.1 Å². The van der Waals surface area contributed by atoms with Crippen LogP contribution in [0.5, 0.6) is 0 Å². The molecule has 2 atom stereocenters. The van der Waals surface area contributed by atoms with E-state index in [4.69, 9.17) is 4.74 Å². The number of hydrogen-bond donors (Lipinski definition) is 1. The maximum absolute atomic E-state index is 5.96. The number of nitrogens with one attached hydrogen (secondary N) is 1. The molecule has 0 aliphatic carbocycles. The molecule has 112 valence electrons. The first-order valence-corrected chi connectivity index (χ1v) is 7.94. The zero-order valence-corrected chi connectivity index (χ0v) is 12.4. The number of aryl methyl sites for hydroxylation is 1. The van der Waals surface area contributed by atoms with Gasteiger partial charge in [0.2, 0.25) is 0 Å². The van der Waals surface area contributed by atoms with Crippen molar-refractivity contribution in [2.24, 2.45) is 0 Å². The normalized spacial score (nSPS) is 26.9. The van der Waals surface area contributed by atoms with Gasteiger partial charge >= 0.3 is 0 Å². The smallest absolute Gasteiger partial charge is 0.0827 e. The highest BCUT2D eigenvalue weighted by Crippen LogP contribution is 2.22. The van der Waals surface area contributed by atoms with Crippen LogP contribution in [0.15, 0.2) is 12.3 Å². The lowest BCUT2D eigenvalue weighted by Crippen LogP contribution is -2.49. The minimum absolute atomic E-state index is 0.340. The maximum atomic E-state index is 5.96. The second-order valence-electron chi connectivity index (χ2n) is 5.92. The van der Waals surface area contributed by atoms with Gasteiger partial charge in [0.15, 0.2) is 0 Å². The Morgan fingerprint density at radius 2 is 2.45 bits per heavy atom. The predicted molar refractivity (Wildman–Crippen MR) is 78.6 cm³/mol. The summed E-state index contributed by atoms with van der Waals surface area (Å²) in [5.74, 6) is 0. The molecule has 2 aliphatic rings. The van der Waals surface area contributed by atoms with Gasteiger partial charge in [0.1, 0.15) is 0 Å². The van der Waals surface area contributed by atoms with Crippen LogP contribution in [0.3, 0.4) is 0 Å². The third-order valence-electron chi connectivity index (χ3n) is 4.38. The van der Waals surface area contributed by atoms with Crippen LogP contribution in [0.1, 0.15) is 31.9 Å². The molecule has 1 aromatic rings. The van der Waals surface area contributed by atoms with Crippen molar-refractivity contribution in [1.29, 1.82) is 0 Å². The van der Waals surface area contributed by atoms with Crippen molar-refractivity contribution in [3.63, 3.8) is 0 Å². The fourth-order valence-corrected chi connectivity index (χ4v) is 3.29. The van der Waals surface area contributed by atoms with Crippen molar-refractivity contribution < 1.29 is 4.74 Å². The van der Waals surface area contributed by atoms with Gasteiger partial charge in [0, 0.05) is 38.4 Å². The van der Waals surface area contributed by atoms with Gasteiger partial charge in [-0.3, -0.25) is 9.58 Å². The molecule has 0 amide bonds. The van der Waals surface area contributed by atoms with Gasteiger partial charge < -0.3 is 10.1 Å². The monoisotopic (exact) mass is 278 g/mol. The lowest BCUT2D eigenvalue weighted by molar-refractivity contribution is -0.0470. The van der Waals surface area contributed by atoms with Gasteiger partial charge in [0.05, 0.1) is 18.4 Å². The number of hydrogen-bond acceptors (Lipinski definition) is 4. The van der Waals surface area contributed by atoms with E-state index in [1.807, 2.05) is 6.20 Å². The zero-order valence-electron chi connectivity index (χ0n) is 12.4. The van der Waals surface area contributed by atoms with E-state index in [0.717, 1.165) is 39.2 Å². The van der Waals surface area contributed by atoms with E-state index in [1.165, 1.54) is 25.1 Å². The van der Waals surface area contributed by atoms with Crippen LogP contribution in [-0.4, -0.2) is 53.1 Å². The minimum atomic E-state index is 0.340. The Balaban J connectivity index is 1.42. The predicted octanol–water partition coefficient (Wildman–Crippen LogP) is 1.25. The molecule has 5 heteroatoms. The van der Waals surface area contributed by atoms with E-state index in [-0.39, 0.29) is 0 Å². The summed E-state index contributed by atoms with van der Waals surface area (Å²) < 4.78 is 8.05. The van der Waals surface area contributed by atoms with Gasteiger partial charge in [-0.2, -0.15) is 5.10 Å². The van der Waals surface area contributed by atoms with Gasteiger partial charge in [-0.05, 0) is 31.9 Å². The van der Waals surface area contributed by atoms with Crippen molar-refractivity contribution in [3.8, 4) is 0 Å². The first kappa shape index (κ1) is 14.0. The van der Waals surface area contributed by atoms with Gasteiger partial charge in [-0.15, -0.1) is 0 Å². The number of rotatable bonds is 6. The molecule has 1 N–H and O–H groups in total. The molecule has 3 rings (SSSR count). The summed E-state index contributed by atoms with van der Waals surface area (Å²) in [5.41, 5.74) is 1.27. The molecule has 1 aromatic heterocycles. The first-order valence-electron chi connectivity index (χ1n) is 7.94. The molecule has 2 aliphatic heterocycles. The molecule has 20 heavy (non-hydrogen) atoms. The van der Waals surface area contributed by atoms with Crippen LogP contribution in [0.2, 0.25) is 0 Å². The van der Waals surface area contributed by atoms with Gasteiger partial charge in [-0.1, -0.05) is 6.92 Å². The van der Waals surface area contributed by atoms with Crippen molar-refractivity contribution in [2.45, 2.75) is 51.4 Å². The highest BCUT2D eigenvalue weighted by Gasteiger charge is 2.31. The minimum Gasteiger partial charge on any atom is -0.374 e. The summed E-state index contributed by atoms with van der Waals surface area (Å²) in [5, 5.41) is 7.88. The summed E-state index contributed by atoms with van der Waals surface area (Å²) >= 11 is 0. The molecule has 5 nitrogen and oxygen atoms in total. The van der Waals surface area contributed by atoms with E-state index in [2.05, 4.69) is 33.0 Å². The highest BCUT2D eigenvalue weighted by molar-refractivity contribution is 5.00. The number of fused-ring (bicyclic) bond motifs is 1. The Kier molecular flexibility index (Phi) is 4.70. The second kappa shape index (κ2) is 6.70. The largest absolute Gasteiger partial charge is 0.374 e. The Labute approximate surface area is 121 Å². The molecule has 0 bridgehead atoms. The first-order chi connectivity index (χ1) is 9.86. The third-order valence-corrected chi connectivity index (χ3v) is 4.38. The maximum Gasteiger partial charge on any atom is 0.0827 e. The molecule has 3 heterocycles. The van der Waals surface area contributed by atoms with E-state index >= 15 is 0 Å². The summed E-state index contributed by atoms with van der Waals surface area (Å²) in [7, 11) is 0. The lowest BCUT2D eigenvalue weighted by atomic mass is 10.2. The second-order valence-corrected chi connectivity index (χ2v) is 5.92. The van der Waals surface area contributed by atoms with E-state index in [1.54, 1.807) is 0 Å². The summed E-state index contributed by atoms with van der Waals surface area (Å²) in [6.45, 7) is 8.25. The molecule has 2 fully saturated rings. The molecular formula is C15H26N4O. The van der Waals surface area contributed by atoms with Crippen molar-refractivity contribution in [2.75, 3.05) is 26.2 Å². The lowest BCUT2D eigenvalue weighted by Gasteiger charge is -2.35. The number of ether oxygens (including phenoxy) is 1. The van der Waals surface area contributed by atoms with E-state index in [9.17, 15) is 0 Å². The average molecular weight is 278 g/mol. The molecule has 0 radical (unpaired) electrons. The summed E-state index contributed by atoms with van der Waals surface area (Å²) in [4.78, 5) is 2.59. The fourth-order valence-electron chi connectivity index (χ4n) is 3.29. The quantitative estimate of drug-likeness (QED) is 0.850. The van der Waals surface area contributed by atoms with Crippen LogP contribution >= 0.6 is 0 Å². The van der Waals surface area contributed by atoms with Gasteiger partial charge in [0.25, 0.3) is 0 Å². The van der Waals surface area contributed by atoms with Crippen molar-refractivity contribution >= 4 is 0 Å². The third kappa shape index (κ3) is 3.22. The van der Waals surface area contributed by atoms with Crippen molar-refractivity contribution in [3.05, 3.63) is 18.0 Å². The Morgan fingerprint density at radius 3 is 3.35 bits per heavy atom. The Hall–Kier alpha value is -0.910. The number of morpholine rings is 1. The van der Waals surface area contributed by atoms with Crippen LogP contribution in [0.25, 0.3) is 0 Å². The number of aromatic nitrogens is 2. The standard InChI is InChI=1S/C15H26N4O/c1-2-7-19-13(5-6-17-19)9-16-10-15-11-18-8-3-4-14(18)12-20-15/h5-6,14-16H,2-4,7-12H2,1H3. The number of nitrogens with zero attached hydrogens (tertiary/aromatic N) is 3. The van der Waals surface area contributed by atoms with Gasteiger partial charge in [-0.25, -0.2) is 0 Å². The van der Waals surface area contributed by atoms with Crippen LogP contribution in [0, 0.1) is 0 Å². The van der Waals surface area contributed by atoms with Crippen LogP contribution < -0.4 is 5.32 Å². The average Bonchev–Trinajstić information content (AvgIpc) is 3.08. The molecule has 2 unspecified atom stereocenters. The Bertz CT molecular complexity index is 420. The van der Waals surface area contributed by atoms with E-state index < -0.39 is 0 Å². The summed E-state index contributed by atoms with van der Waals surface area (Å²) in [6.07, 6.45) is 6.00.